The molecule has 1 saturated heterocycles. The lowest BCUT2D eigenvalue weighted by atomic mass is 10.1. The van der Waals surface area contributed by atoms with Crippen LogP contribution < -0.4 is 5.84 Å². The number of rotatable bonds is 0. The smallest absolute Gasteiger partial charge is 0.241 e. The minimum Gasteiger partial charge on any atom is -0.372 e. The third kappa shape index (κ3) is 0.906. The molecule has 1 fully saturated rings. The van der Waals surface area contributed by atoms with E-state index >= 15 is 0 Å². The molecule has 9 heavy (non-hydrogen) atoms. The summed E-state index contributed by atoms with van der Waals surface area (Å²) in [7, 11) is 0. The molecule has 52 valence electrons. The van der Waals surface area contributed by atoms with Gasteiger partial charge in [-0.15, -0.1) is 0 Å². The summed E-state index contributed by atoms with van der Waals surface area (Å²) < 4.78 is 0. The first-order valence-corrected chi connectivity index (χ1v) is 2.88. The molecule has 0 aromatic carbocycles. The summed E-state index contributed by atoms with van der Waals surface area (Å²) in [4.78, 5) is 10.8. The van der Waals surface area contributed by atoms with Crippen molar-refractivity contribution >= 4 is 5.91 Å². The van der Waals surface area contributed by atoms with Crippen molar-refractivity contribution in [1.29, 1.82) is 0 Å². The van der Waals surface area contributed by atoms with Crippen molar-refractivity contribution in [2.24, 2.45) is 11.8 Å². The highest BCUT2D eigenvalue weighted by molar-refractivity contribution is 5.80. The number of nitrogens with two attached hydrogens (primary N) is 1. The molecule has 0 aromatic heterocycles. The molecule has 0 saturated carbocycles. The molecule has 1 amide bonds. The number of hydrazine groups is 1. The lowest BCUT2D eigenvalue weighted by molar-refractivity contribution is -0.135. The van der Waals surface area contributed by atoms with Gasteiger partial charge in [0.2, 0.25) is 5.91 Å². The maximum Gasteiger partial charge on any atom is 0.241 e. The molecule has 4 nitrogen and oxygen atoms in total. The van der Waals surface area contributed by atoms with E-state index in [4.69, 9.17) is 10.9 Å². The zero-order valence-corrected chi connectivity index (χ0v) is 5.24. The largest absolute Gasteiger partial charge is 0.372 e. The summed E-state index contributed by atoms with van der Waals surface area (Å²) >= 11 is 0. The Morgan fingerprint density at radius 3 is 2.56 bits per heavy atom. The van der Waals surface area contributed by atoms with Gasteiger partial charge >= 0.3 is 0 Å². The van der Waals surface area contributed by atoms with Crippen molar-refractivity contribution in [3.8, 4) is 0 Å². The Bertz CT molecular complexity index is 137. The normalized spacial score (nSPS) is 35.9. The van der Waals surface area contributed by atoms with E-state index in [2.05, 4.69) is 0 Å². The maximum absolute atomic E-state index is 10.8. The van der Waals surface area contributed by atoms with Crippen LogP contribution in [-0.4, -0.2) is 22.3 Å². The molecule has 2 unspecified atom stereocenters. The van der Waals surface area contributed by atoms with Crippen LogP contribution in [0.2, 0.25) is 0 Å². The number of carbonyl (C=O) groups is 1. The molecule has 2 atom stereocenters. The van der Waals surface area contributed by atoms with Crippen LogP contribution >= 0.6 is 0 Å². The predicted octanol–water partition coefficient (Wildman–Crippen LogP) is -0.953. The van der Waals surface area contributed by atoms with Crippen LogP contribution in [0.3, 0.4) is 0 Å². The predicted molar refractivity (Wildman–Crippen MR) is 30.8 cm³/mol. The third-order valence-corrected chi connectivity index (χ3v) is 1.56. The number of aliphatic hydroxyl groups is 1. The van der Waals surface area contributed by atoms with Crippen LogP contribution in [0.15, 0.2) is 0 Å². The fourth-order valence-corrected chi connectivity index (χ4v) is 0.932. The van der Waals surface area contributed by atoms with Crippen molar-refractivity contribution in [3.05, 3.63) is 0 Å². The topological polar surface area (TPSA) is 66.6 Å². The van der Waals surface area contributed by atoms with E-state index in [0.29, 0.717) is 6.42 Å². The minimum atomic E-state index is -0.771. The molecule has 1 heterocycles. The fraction of sp³-hybridized carbons (Fsp3) is 0.800. The Morgan fingerprint density at radius 1 is 1.89 bits per heavy atom. The highest BCUT2D eigenvalue weighted by Crippen LogP contribution is 2.18. The highest BCUT2D eigenvalue weighted by atomic mass is 16.3. The van der Waals surface area contributed by atoms with Crippen LogP contribution in [0.1, 0.15) is 13.3 Å². The van der Waals surface area contributed by atoms with Crippen LogP contribution in [0, 0.1) is 5.92 Å². The fourth-order valence-electron chi connectivity index (χ4n) is 0.932. The van der Waals surface area contributed by atoms with Gasteiger partial charge in [0.1, 0.15) is 6.23 Å². The zero-order chi connectivity index (χ0) is 7.02. The lowest BCUT2D eigenvalue weighted by Gasteiger charge is -2.11. The minimum absolute atomic E-state index is 0.120. The molecule has 0 aliphatic carbocycles. The van der Waals surface area contributed by atoms with Crippen LogP contribution in [-0.2, 0) is 4.79 Å². The van der Waals surface area contributed by atoms with Gasteiger partial charge in [0.15, 0.2) is 0 Å². The first-order valence-electron chi connectivity index (χ1n) is 2.88. The molecule has 1 rings (SSSR count). The van der Waals surface area contributed by atoms with E-state index in [1.54, 1.807) is 6.92 Å². The molecular formula is C5H10N2O2. The van der Waals surface area contributed by atoms with Gasteiger partial charge in [0.25, 0.3) is 0 Å². The van der Waals surface area contributed by atoms with Gasteiger partial charge in [0, 0.05) is 12.3 Å². The number of hydrogen-bond acceptors (Lipinski definition) is 3. The van der Waals surface area contributed by atoms with Crippen molar-refractivity contribution in [3.63, 3.8) is 0 Å². The van der Waals surface area contributed by atoms with Crippen molar-refractivity contribution in [2.45, 2.75) is 19.6 Å². The first-order chi connectivity index (χ1) is 4.13. The molecular weight excluding hydrogens is 120 g/mol. The number of amides is 1. The second kappa shape index (κ2) is 1.97. The van der Waals surface area contributed by atoms with E-state index in [1.807, 2.05) is 0 Å². The average Bonchev–Trinajstić information content (AvgIpc) is 1.98. The highest BCUT2D eigenvalue weighted by Gasteiger charge is 2.33. The van der Waals surface area contributed by atoms with Gasteiger partial charge < -0.3 is 5.11 Å². The summed E-state index contributed by atoms with van der Waals surface area (Å²) in [6, 6.07) is 0. The van der Waals surface area contributed by atoms with Crippen LogP contribution in [0.4, 0.5) is 0 Å². The summed E-state index contributed by atoms with van der Waals surface area (Å²) in [6.45, 7) is 1.75. The Kier molecular flexibility index (Phi) is 1.42. The van der Waals surface area contributed by atoms with Gasteiger partial charge in [0.05, 0.1) is 0 Å². The third-order valence-electron chi connectivity index (χ3n) is 1.56. The SMILES string of the molecule is CC1CC(O)N(N)C1=O. The van der Waals surface area contributed by atoms with Gasteiger partial charge in [-0.2, -0.15) is 0 Å². The summed E-state index contributed by atoms with van der Waals surface area (Å²) in [5, 5.41) is 9.80. The number of carbonyl (C=O) groups excluding carboxylic acids is 1. The molecule has 4 heteroatoms. The Labute approximate surface area is 53.2 Å². The van der Waals surface area contributed by atoms with E-state index < -0.39 is 6.23 Å². The van der Waals surface area contributed by atoms with E-state index in [1.165, 1.54) is 0 Å². The zero-order valence-electron chi connectivity index (χ0n) is 5.24. The average molecular weight is 130 g/mol. The molecule has 0 bridgehead atoms. The number of nitrogens with zero attached hydrogens (tertiary/aromatic N) is 1. The quantitative estimate of drug-likeness (QED) is 0.328. The first kappa shape index (κ1) is 6.51. The second-order valence-corrected chi connectivity index (χ2v) is 2.36. The maximum atomic E-state index is 10.8. The van der Waals surface area contributed by atoms with Crippen molar-refractivity contribution < 1.29 is 9.90 Å². The van der Waals surface area contributed by atoms with Gasteiger partial charge in [-0.3, -0.25) is 9.80 Å². The summed E-state index contributed by atoms with van der Waals surface area (Å²) in [5.74, 6) is 4.85. The Balaban J connectivity index is 2.65. The molecule has 0 aromatic rings. The molecule has 0 radical (unpaired) electrons. The molecule has 1 aliphatic rings. The Hall–Kier alpha value is -0.610. The second-order valence-electron chi connectivity index (χ2n) is 2.36. The monoisotopic (exact) mass is 130 g/mol. The summed E-state index contributed by atoms with van der Waals surface area (Å²) in [5.41, 5.74) is 0. The van der Waals surface area contributed by atoms with Gasteiger partial charge in [-0.05, 0) is 0 Å². The van der Waals surface area contributed by atoms with Crippen LogP contribution in [0.5, 0.6) is 0 Å². The van der Waals surface area contributed by atoms with E-state index in [-0.39, 0.29) is 11.8 Å². The van der Waals surface area contributed by atoms with Crippen LogP contribution in [0.25, 0.3) is 0 Å². The van der Waals surface area contributed by atoms with Gasteiger partial charge in [-0.25, -0.2) is 5.84 Å². The Morgan fingerprint density at radius 2 is 2.44 bits per heavy atom. The van der Waals surface area contributed by atoms with Crippen molar-refractivity contribution in [2.75, 3.05) is 0 Å². The number of aliphatic hydroxyl groups excluding tert-OH is 1. The molecule has 0 spiro atoms. The standard InChI is InChI=1S/C5H10N2O2/c1-3-2-4(8)7(6)5(3)9/h3-4,8H,2,6H2,1H3. The van der Waals surface area contributed by atoms with Gasteiger partial charge in [-0.1, -0.05) is 6.92 Å². The van der Waals surface area contributed by atoms with E-state index in [9.17, 15) is 4.79 Å². The lowest BCUT2D eigenvalue weighted by Crippen LogP contribution is -2.39. The molecule has 3 N–H and O–H groups in total. The number of hydrogen-bond donors (Lipinski definition) is 2. The van der Waals surface area contributed by atoms with Crippen molar-refractivity contribution in [1.82, 2.24) is 5.01 Å². The summed E-state index contributed by atoms with van der Waals surface area (Å²) in [6.07, 6.45) is -0.317. The van der Waals surface area contributed by atoms with E-state index in [0.717, 1.165) is 5.01 Å². The molecule has 1 aliphatic heterocycles.